The standard InChI is InChI=1S/C12H15N3S/c1-16-7-6-15-9-11(8-14-15)10-2-4-12(13)5-3-10/h2-5,8-9H,6-7,13H2,1H3. The summed E-state index contributed by atoms with van der Waals surface area (Å²) in [6.07, 6.45) is 6.07. The summed E-state index contributed by atoms with van der Waals surface area (Å²) in [7, 11) is 0. The second kappa shape index (κ2) is 5.07. The number of aryl methyl sites for hydroxylation is 1. The van der Waals surface area contributed by atoms with Crippen molar-refractivity contribution in [3.63, 3.8) is 0 Å². The highest BCUT2D eigenvalue weighted by molar-refractivity contribution is 7.98. The monoisotopic (exact) mass is 233 g/mol. The number of nitrogens with zero attached hydrogens (tertiary/aromatic N) is 2. The van der Waals surface area contributed by atoms with Gasteiger partial charge in [0, 0.05) is 29.7 Å². The summed E-state index contributed by atoms with van der Waals surface area (Å²) in [5.41, 5.74) is 8.74. The molecule has 0 radical (unpaired) electrons. The van der Waals surface area contributed by atoms with Gasteiger partial charge in [0.05, 0.1) is 6.20 Å². The zero-order valence-corrected chi connectivity index (χ0v) is 10.1. The van der Waals surface area contributed by atoms with E-state index in [0.717, 1.165) is 29.1 Å². The molecule has 1 heterocycles. The first-order chi connectivity index (χ1) is 7.79. The number of anilines is 1. The third-order valence-corrected chi connectivity index (χ3v) is 2.99. The van der Waals surface area contributed by atoms with Gasteiger partial charge in [0.25, 0.3) is 0 Å². The molecule has 84 valence electrons. The SMILES string of the molecule is CSCCn1cc(-c2ccc(N)cc2)cn1. The van der Waals surface area contributed by atoms with Crippen LogP contribution in [0.2, 0.25) is 0 Å². The average Bonchev–Trinajstić information content (AvgIpc) is 2.76. The highest BCUT2D eigenvalue weighted by Crippen LogP contribution is 2.19. The maximum absolute atomic E-state index is 5.65. The molecule has 4 heteroatoms. The van der Waals surface area contributed by atoms with Crippen molar-refractivity contribution in [2.24, 2.45) is 0 Å². The van der Waals surface area contributed by atoms with Crippen LogP contribution in [-0.4, -0.2) is 21.8 Å². The van der Waals surface area contributed by atoms with Gasteiger partial charge in [-0.05, 0) is 24.0 Å². The Kier molecular flexibility index (Phi) is 3.51. The highest BCUT2D eigenvalue weighted by atomic mass is 32.2. The number of rotatable bonds is 4. The van der Waals surface area contributed by atoms with Crippen LogP contribution in [0.4, 0.5) is 5.69 Å². The molecular weight excluding hydrogens is 218 g/mol. The Balaban J connectivity index is 2.15. The molecule has 1 aromatic carbocycles. The number of benzene rings is 1. The van der Waals surface area contributed by atoms with E-state index >= 15 is 0 Å². The van der Waals surface area contributed by atoms with Gasteiger partial charge in [-0.25, -0.2) is 0 Å². The van der Waals surface area contributed by atoms with Gasteiger partial charge >= 0.3 is 0 Å². The fourth-order valence-corrected chi connectivity index (χ4v) is 1.86. The molecule has 0 fully saturated rings. The summed E-state index contributed by atoms with van der Waals surface area (Å²) in [6, 6.07) is 7.86. The van der Waals surface area contributed by atoms with Crippen LogP contribution in [0.15, 0.2) is 36.7 Å². The van der Waals surface area contributed by atoms with Crippen LogP contribution >= 0.6 is 11.8 Å². The lowest BCUT2D eigenvalue weighted by Crippen LogP contribution is -1.99. The van der Waals surface area contributed by atoms with Crippen LogP contribution in [-0.2, 0) is 6.54 Å². The number of nitrogens with two attached hydrogens (primary N) is 1. The van der Waals surface area contributed by atoms with Crippen LogP contribution in [0.25, 0.3) is 11.1 Å². The van der Waals surface area contributed by atoms with E-state index in [4.69, 9.17) is 5.73 Å². The average molecular weight is 233 g/mol. The molecule has 0 atom stereocenters. The van der Waals surface area contributed by atoms with E-state index in [0.29, 0.717) is 0 Å². The molecule has 0 spiro atoms. The van der Waals surface area contributed by atoms with Gasteiger partial charge in [0.1, 0.15) is 0 Å². The molecule has 1 aromatic heterocycles. The van der Waals surface area contributed by atoms with Gasteiger partial charge in [-0.1, -0.05) is 12.1 Å². The van der Waals surface area contributed by atoms with Crippen LogP contribution in [0.1, 0.15) is 0 Å². The highest BCUT2D eigenvalue weighted by Gasteiger charge is 2.01. The molecular formula is C12H15N3S. The van der Waals surface area contributed by atoms with E-state index in [9.17, 15) is 0 Å². The van der Waals surface area contributed by atoms with Gasteiger partial charge < -0.3 is 5.73 Å². The smallest absolute Gasteiger partial charge is 0.0568 e. The van der Waals surface area contributed by atoms with Crippen molar-refractivity contribution in [2.75, 3.05) is 17.7 Å². The molecule has 0 saturated heterocycles. The fourth-order valence-electron chi connectivity index (χ4n) is 1.50. The minimum atomic E-state index is 0.790. The van der Waals surface area contributed by atoms with Gasteiger partial charge in [-0.15, -0.1) is 0 Å². The molecule has 2 N–H and O–H groups in total. The molecule has 0 unspecified atom stereocenters. The first-order valence-electron chi connectivity index (χ1n) is 5.17. The Labute approximate surface area is 99.7 Å². The summed E-state index contributed by atoms with van der Waals surface area (Å²) < 4.78 is 1.97. The van der Waals surface area contributed by atoms with Crippen molar-refractivity contribution in [2.45, 2.75) is 6.54 Å². The Morgan fingerprint density at radius 3 is 2.69 bits per heavy atom. The number of nitrogen functional groups attached to an aromatic ring is 1. The van der Waals surface area contributed by atoms with Crippen LogP contribution < -0.4 is 5.73 Å². The van der Waals surface area contributed by atoms with Gasteiger partial charge in [-0.2, -0.15) is 16.9 Å². The van der Waals surface area contributed by atoms with Crippen molar-refractivity contribution in [1.82, 2.24) is 9.78 Å². The number of hydrogen-bond donors (Lipinski definition) is 1. The normalized spacial score (nSPS) is 10.6. The van der Waals surface area contributed by atoms with E-state index in [1.165, 1.54) is 0 Å². The predicted molar refractivity (Wildman–Crippen MR) is 70.5 cm³/mol. The third-order valence-electron chi connectivity index (χ3n) is 2.40. The van der Waals surface area contributed by atoms with Gasteiger partial charge in [-0.3, -0.25) is 4.68 Å². The molecule has 0 saturated carbocycles. The van der Waals surface area contributed by atoms with Crippen molar-refractivity contribution in [3.05, 3.63) is 36.7 Å². The van der Waals surface area contributed by atoms with E-state index in [1.54, 1.807) is 0 Å². The quantitative estimate of drug-likeness (QED) is 0.825. The van der Waals surface area contributed by atoms with Gasteiger partial charge in [0.2, 0.25) is 0 Å². The minimum absolute atomic E-state index is 0.790. The van der Waals surface area contributed by atoms with E-state index < -0.39 is 0 Å². The summed E-state index contributed by atoms with van der Waals surface area (Å²) in [5.74, 6) is 1.09. The molecule has 0 aliphatic rings. The second-order valence-electron chi connectivity index (χ2n) is 3.61. The van der Waals surface area contributed by atoms with Crippen LogP contribution in [0, 0.1) is 0 Å². The number of thioether (sulfide) groups is 1. The molecule has 0 aliphatic carbocycles. The number of hydrogen-bond acceptors (Lipinski definition) is 3. The predicted octanol–water partition coefficient (Wildman–Crippen LogP) is 2.50. The second-order valence-corrected chi connectivity index (χ2v) is 4.59. The first-order valence-corrected chi connectivity index (χ1v) is 6.56. The molecule has 0 amide bonds. The molecule has 2 aromatic rings. The number of aromatic nitrogens is 2. The topological polar surface area (TPSA) is 43.8 Å². The lowest BCUT2D eigenvalue weighted by Gasteiger charge is -1.99. The van der Waals surface area contributed by atoms with E-state index in [1.807, 2.05) is 46.9 Å². The maximum Gasteiger partial charge on any atom is 0.0568 e. The molecule has 3 nitrogen and oxygen atoms in total. The zero-order valence-electron chi connectivity index (χ0n) is 9.26. The molecule has 0 aliphatic heterocycles. The largest absolute Gasteiger partial charge is 0.399 e. The lowest BCUT2D eigenvalue weighted by atomic mass is 10.1. The van der Waals surface area contributed by atoms with Crippen molar-refractivity contribution < 1.29 is 0 Å². The molecule has 0 bridgehead atoms. The Morgan fingerprint density at radius 1 is 1.25 bits per heavy atom. The Hall–Kier alpha value is -1.42. The van der Waals surface area contributed by atoms with Crippen molar-refractivity contribution in [1.29, 1.82) is 0 Å². The Morgan fingerprint density at radius 2 is 2.00 bits per heavy atom. The third kappa shape index (κ3) is 2.58. The van der Waals surface area contributed by atoms with Crippen LogP contribution in [0.3, 0.4) is 0 Å². The summed E-state index contributed by atoms with van der Waals surface area (Å²) in [4.78, 5) is 0. The maximum atomic E-state index is 5.65. The zero-order chi connectivity index (χ0) is 11.4. The summed E-state index contributed by atoms with van der Waals surface area (Å²) >= 11 is 1.83. The fraction of sp³-hybridized carbons (Fsp3) is 0.250. The van der Waals surface area contributed by atoms with E-state index in [2.05, 4.69) is 17.6 Å². The molecule has 16 heavy (non-hydrogen) atoms. The van der Waals surface area contributed by atoms with Gasteiger partial charge in [0.15, 0.2) is 0 Å². The van der Waals surface area contributed by atoms with Crippen molar-refractivity contribution in [3.8, 4) is 11.1 Å². The first kappa shape index (κ1) is 11.1. The Bertz CT molecular complexity index is 448. The molecule has 2 rings (SSSR count). The lowest BCUT2D eigenvalue weighted by molar-refractivity contribution is 0.667. The minimum Gasteiger partial charge on any atom is -0.399 e. The van der Waals surface area contributed by atoms with Crippen LogP contribution in [0.5, 0.6) is 0 Å². The summed E-state index contributed by atoms with van der Waals surface area (Å²) in [5, 5.41) is 4.32. The van der Waals surface area contributed by atoms with Crippen molar-refractivity contribution >= 4 is 17.4 Å². The van der Waals surface area contributed by atoms with E-state index in [-0.39, 0.29) is 0 Å². The summed E-state index contributed by atoms with van der Waals surface area (Å²) in [6.45, 7) is 0.955.